The highest BCUT2D eigenvalue weighted by molar-refractivity contribution is 6.31. The van der Waals surface area contributed by atoms with Crippen molar-refractivity contribution in [3.63, 3.8) is 0 Å². The van der Waals surface area contributed by atoms with E-state index in [0.717, 1.165) is 32.8 Å². The van der Waals surface area contributed by atoms with Crippen LogP contribution in [0.25, 0.3) is 11.1 Å². The summed E-state index contributed by atoms with van der Waals surface area (Å²) in [7, 11) is 3.25. The van der Waals surface area contributed by atoms with E-state index in [-0.39, 0.29) is 0 Å². The monoisotopic (exact) mass is 305 g/mol. The molecule has 0 aromatic heterocycles. The third kappa shape index (κ3) is 2.99. The highest BCUT2D eigenvalue weighted by atomic mass is 35.5. The lowest BCUT2D eigenvalue weighted by atomic mass is 9.94. The van der Waals surface area contributed by atoms with Gasteiger partial charge in [0, 0.05) is 11.6 Å². The van der Waals surface area contributed by atoms with Gasteiger partial charge in [0.1, 0.15) is 0 Å². The van der Waals surface area contributed by atoms with Crippen molar-refractivity contribution >= 4 is 11.6 Å². The molecule has 0 radical (unpaired) electrons. The van der Waals surface area contributed by atoms with E-state index in [1.807, 2.05) is 32.0 Å². The average Bonchev–Trinajstić information content (AvgIpc) is 2.49. The molecule has 0 heterocycles. The maximum atomic E-state index is 6.18. The molecule has 0 saturated heterocycles. The summed E-state index contributed by atoms with van der Waals surface area (Å²) in [4.78, 5) is 0. The van der Waals surface area contributed by atoms with Gasteiger partial charge in [0.05, 0.1) is 14.2 Å². The second kappa shape index (κ2) is 6.37. The fourth-order valence-electron chi connectivity index (χ4n) is 2.41. The van der Waals surface area contributed by atoms with Gasteiger partial charge < -0.3 is 15.2 Å². The van der Waals surface area contributed by atoms with Gasteiger partial charge in [-0.2, -0.15) is 0 Å². The Kier molecular flexibility index (Phi) is 4.76. The van der Waals surface area contributed by atoms with Crippen molar-refractivity contribution in [3.8, 4) is 22.6 Å². The molecule has 0 unspecified atom stereocenters. The van der Waals surface area contributed by atoms with Gasteiger partial charge in [0.15, 0.2) is 11.5 Å². The highest BCUT2D eigenvalue weighted by Gasteiger charge is 2.14. The van der Waals surface area contributed by atoms with Gasteiger partial charge in [-0.1, -0.05) is 11.6 Å². The van der Waals surface area contributed by atoms with E-state index < -0.39 is 0 Å². The van der Waals surface area contributed by atoms with Crippen LogP contribution in [-0.2, 0) is 6.54 Å². The lowest BCUT2D eigenvalue weighted by Crippen LogP contribution is -2.02. The number of hydrogen-bond acceptors (Lipinski definition) is 3. The summed E-state index contributed by atoms with van der Waals surface area (Å²) >= 11 is 6.18. The van der Waals surface area contributed by atoms with Crippen molar-refractivity contribution < 1.29 is 9.47 Å². The molecule has 0 amide bonds. The Bertz CT molecular complexity index is 668. The van der Waals surface area contributed by atoms with Crippen LogP contribution < -0.4 is 15.2 Å². The van der Waals surface area contributed by atoms with Crippen LogP contribution in [0.15, 0.2) is 24.3 Å². The molecule has 0 aliphatic heterocycles. The van der Waals surface area contributed by atoms with Crippen LogP contribution in [0.4, 0.5) is 0 Å². The molecule has 0 spiro atoms. The summed E-state index contributed by atoms with van der Waals surface area (Å²) in [6, 6.07) is 7.95. The van der Waals surface area contributed by atoms with E-state index in [9.17, 15) is 0 Å². The third-order valence-corrected chi connectivity index (χ3v) is 4.03. The molecule has 2 aromatic rings. The van der Waals surface area contributed by atoms with E-state index in [1.165, 1.54) is 0 Å². The highest BCUT2D eigenvalue weighted by Crippen LogP contribution is 2.38. The molecule has 112 valence electrons. The summed E-state index contributed by atoms with van der Waals surface area (Å²) in [5.74, 6) is 1.38. The molecule has 0 bridgehead atoms. The molecule has 2 aromatic carbocycles. The maximum Gasteiger partial charge on any atom is 0.161 e. The molecule has 2 rings (SSSR count). The molecule has 3 nitrogen and oxygen atoms in total. The van der Waals surface area contributed by atoms with Crippen LogP contribution in [0.1, 0.15) is 16.7 Å². The molecule has 0 fully saturated rings. The lowest BCUT2D eigenvalue weighted by Gasteiger charge is -2.16. The molecule has 21 heavy (non-hydrogen) atoms. The Morgan fingerprint density at radius 1 is 0.905 bits per heavy atom. The Hall–Kier alpha value is -1.71. The second-order valence-electron chi connectivity index (χ2n) is 4.98. The molecule has 0 saturated carbocycles. The summed E-state index contributed by atoms with van der Waals surface area (Å²) in [5, 5.41) is 0.769. The summed E-state index contributed by atoms with van der Waals surface area (Å²) in [6.07, 6.45) is 0. The molecule has 4 heteroatoms. The lowest BCUT2D eigenvalue weighted by molar-refractivity contribution is 0.354. The van der Waals surface area contributed by atoms with Crippen LogP contribution in [0.3, 0.4) is 0 Å². The van der Waals surface area contributed by atoms with Gasteiger partial charge in [-0.15, -0.1) is 0 Å². The molecular formula is C17H20ClNO2. The zero-order valence-corrected chi connectivity index (χ0v) is 13.5. The number of nitrogens with two attached hydrogens (primary N) is 1. The average molecular weight is 306 g/mol. The minimum absolute atomic E-state index is 0.427. The number of hydrogen-bond donors (Lipinski definition) is 1. The first-order valence-electron chi connectivity index (χ1n) is 6.73. The van der Waals surface area contributed by atoms with Crippen molar-refractivity contribution in [1.29, 1.82) is 0 Å². The van der Waals surface area contributed by atoms with Gasteiger partial charge in [-0.25, -0.2) is 0 Å². The quantitative estimate of drug-likeness (QED) is 0.925. The smallest absolute Gasteiger partial charge is 0.161 e. The van der Waals surface area contributed by atoms with Crippen molar-refractivity contribution in [1.82, 2.24) is 0 Å². The first-order chi connectivity index (χ1) is 10.0. The van der Waals surface area contributed by atoms with E-state index >= 15 is 0 Å². The van der Waals surface area contributed by atoms with Crippen LogP contribution >= 0.6 is 11.6 Å². The second-order valence-corrected chi connectivity index (χ2v) is 5.39. The molecule has 0 aliphatic rings. The number of rotatable bonds is 4. The SMILES string of the molecule is COc1cc(CN)c(-c2cc(C)c(Cl)cc2C)cc1OC. The molecule has 0 aliphatic carbocycles. The Balaban J connectivity index is 2.70. The van der Waals surface area contributed by atoms with E-state index in [2.05, 4.69) is 6.07 Å². The van der Waals surface area contributed by atoms with Crippen LogP contribution in [0, 0.1) is 13.8 Å². The minimum atomic E-state index is 0.427. The predicted octanol–water partition coefficient (Wildman–Crippen LogP) is 4.10. The van der Waals surface area contributed by atoms with E-state index in [4.69, 9.17) is 26.8 Å². The summed E-state index contributed by atoms with van der Waals surface area (Å²) in [6.45, 7) is 4.46. The Morgan fingerprint density at radius 3 is 2.10 bits per heavy atom. The third-order valence-electron chi connectivity index (χ3n) is 3.63. The van der Waals surface area contributed by atoms with Gasteiger partial charge >= 0.3 is 0 Å². The van der Waals surface area contributed by atoms with E-state index in [0.29, 0.717) is 18.0 Å². The number of halogens is 1. The number of ether oxygens (including phenoxy) is 2. The fourth-order valence-corrected chi connectivity index (χ4v) is 2.63. The largest absolute Gasteiger partial charge is 0.493 e. The molecule has 2 N–H and O–H groups in total. The maximum absolute atomic E-state index is 6.18. The number of methoxy groups -OCH3 is 2. The standard InChI is InChI=1S/C17H20ClNO2/c1-10-6-15(18)11(2)5-13(10)14-8-17(21-4)16(20-3)7-12(14)9-19/h5-8H,9,19H2,1-4H3. The summed E-state index contributed by atoms with van der Waals surface area (Å²) in [5.41, 5.74) is 11.2. The van der Waals surface area contributed by atoms with Gasteiger partial charge in [0.2, 0.25) is 0 Å². The minimum Gasteiger partial charge on any atom is -0.493 e. The zero-order valence-electron chi connectivity index (χ0n) is 12.8. The van der Waals surface area contributed by atoms with Crippen LogP contribution in [0.5, 0.6) is 11.5 Å². The zero-order chi connectivity index (χ0) is 15.6. The van der Waals surface area contributed by atoms with Crippen molar-refractivity contribution in [2.45, 2.75) is 20.4 Å². The first-order valence-corrected chi connectivity index (χ1v) is 7.11. The fraction of sp³-hybridized carbons (Fsp3) is 0.294. The van der Waals surface area contributed by atoms with Crippen molar-refractivity contribution in [2.24, 2.45) is 5.73 Å². The number of benzene rings is 2. The topological polar surface area (TPSA) is 44.5 Å². The predicted molar refractivity (Wildman–Crippen MR) is 87.4 cm³/mol. The number of aryl methyl sites for hydroxylation is 2. The van der Waals surface area contributed by atoms with Gasteiger partial charge in [-0.05, 0) is 65.9 Å². The van der Waals surface area contributed by atoms with Crippen LogP contribution in [-0.4, -0.2) is 14.2 Å². The van der Waals surface area contributed by atoms with Gasteiger partial charge in [-0.3, -0.25) is 0 Å². The van der Waals surface area contributed by atoms with E-state index in [1.54, 1.807) is 14.2 Å². The van der Waals surface area contributed by atoms with Crippen molar-refractivity contribution in [3.05, 3.63) is 46.0 Å². The summed E-state index contributed by atoms with van der Waals surface area (Å²) < 4.78 is 10.7. The Morgan fingerprint density at radius 2 is 1.52 bits per heavy atom. The normalized spacial score (nSPS) is 10.6. The van der Waals surface area contributed by atoms with Gasteiger partial charge in [0.25, 0.3) is 0 Å². The molecule has 0 atom stereocenters. The van der Waals surface area contributed by atoms with Crippen LogP contribution in [0.2, 0.25) is 5.02 Å². The van der Waals surface area contributed by atoms with Crippen molar-refractivity contribution in [2.75, 3.05) is 14.2 Å². The molecular weight excluding hydrogens is 286 g/mol. The Labute approximate surface area is 130 Å². The first kappa shape index (κ1) is 15.7.